The molecule has 5 nitrogen and oxygen atoms in total. The first-order valence-electron chi connectivity index (χ1n) is 7.99. The second-order valence-electron chi connectivity index (χ2n) is 5.50. The Morgan fingerprint density at radius 1 is 1.26 bits per heavy atom. The molecule has 1 unspecified atom stereocenters. The van der Waals surface area contributed by atoms with Gasteiger partial charge in [-0.3, -0.25) is 0 Å². The van der Waals surface area contributed by atoms with Gasteiger partial charge in [0.05, 0.1) is 6.61 Å². The zero-order valence-corrected chi connectivity index (χ0v) is 13.4. The van der Waals surface area contributed by atoms with Gasteiger partial charge in [0.15, 0.2) is 0 Å². The van der Waals surface area contributed by atoms with E-state index in [1.165, 1.54) is 6.08 Å². The minimum Gasteiger partial charge on any atom is -0.463 e. The summed E-state index contributed by atoms with van der Waals surface area (Å²) in [6.07, 6.45) is 4.83. The van der Waals surface area contributed by atoms with Crippen molar-refractivity contribution in [1.29, 1.82) is 0 Å². The molecule has 0 N–H and O–H groups in total. The molecule has 1 aromatic rings. The molecule has 2 rings (SSSR count). The third-order valence-corrected chi connectivity index (χ3v) is 3.71. The van der Waals surface area contributed by atoms with Gasteiger partial charge in [-0.2, -0.15) is 0 Å². The number of hydrogen-bond donors (Lipinski definition) is 0. The Morgan fingerprint density at radius 2 is 2.04 bits per heavy atom. The number of likely N-dealkylation sites (tertiary alicyclic amines) is 1. The van der Waals surface area contributed by atoms with Crippen molar-refractivity contribution in [2.45, 2.75) is 26.4 Å². The fourth-order valence-electron chi connectivity index (χ4n) is 2.55. The molecule has 0 aliphatic carbocycles. The number of rotatable bonds is 5. The highest BCUT2D eigenvalue weighted by molar-refractivity contribution is 5.81. The molecule has 1 aliphatic heterocycles. The maximum Gasteiger partial charge on any atom is 0.410 e. The van der Waals surface area contributed by atoms with E-state index in [4.69, 9.17) is 9.47 Å². The summed E-state index contributed by atoms with van der Waals surface area (Å²) in [5.74, 6) is -0.172. The number of carbonyl (C=O) groups excluding carboxylic acids is 2. The van der Waals surface area contributed by atoms with E-state index in [-0.39, 0.29) is 24.6 Å². The van der Waals surface area contributed by atoms with Gasteiger partial charge in [-0.1, -0.05) is 36.4 Å². The van der Waals surface area contributed by atoms with Crippen LogP contribution in [0.4, 0.5) is 4.79 Å². The van der Waals surface area contributed by atoms with Crippen molar-refractivity contribution in [2.24, 2.45) is 5.92 Å². The summed E-state index contributed by atoms with van der Waals surface area (Å²) in [5, 5.41) is 0. The first-order chi connectivity index (χ1) is 11.2. The van der Waals surface area contributed by atoms with Crippen molar-refractivity contribution >= 4 is 12.1 Å². The van der Waals surface area contributed by atoms with Crippen LogP contribution in [-0.2, 0) is 20.9 Å². The van der Waals surface area contributed by atoms with Gasteiger partial charge >= 0.3 is 12.1 Å². The number of benzene rings is 1. The number of hydrogen-bond acceptors (Lipinski definition) is 4. The number of nitrogens with zero attached hydrogens (tertiary/aromatic N) is 1. The van der Waals surface area contributed by atoms with Crippen LogP contribution in [0, 0.1) is 5.92 Å². The summed E-state index contributed by atoms with van der Waals surface area (Å²) >= 11 is 0. The van der Waals surface area contributed by atoms with Gasteiger partial charge < -0.3 is 14.4 Å². The van der Waals surface area contributed by atoms with Crippen LogP contribution in [0.1, 0.15) is 25.3 Å². The lowest BCUT2D eigenvalue weighted by Crippen LogP contribution is -2.39. The van der Waals surface area contributed by atoms with Gasteiger partial charge in [-0.05, 0) is 31.2 Å². The molecule has 1 heterocycles. The number of esters is 1. The average Bonchev–Trinajstić information content (AvgIpc) is 2.59. The minimum absolute atomic E-state index is 0.164. The van der Waals surface area contributed by atoms with E-state index in [9.17, 15) is 9.59 Å². The molecule has 1 aromatic carbocycles. The normalized spacial score (nSPS) is 18.0. The van der Waals surface area contributed by atoms with Crippen molar-refractivity contribution in [2.75, 3.05) is 19.7 Å². The van der Waals surface area contributed by atoms with Crippen LogP contribution in [0.3, 0.4) is 0 Å². The zero-order chi connectivity index (χ0) is 16.5. The summed E-state index contributed by atoms with van der Waals surface area (Å²) in [7, 11) is 0. The van der Waals surface area contributed by atoms with E-state index in [0.717, 1.165) is 18.4 Å². The van der Waals surface area contributed by atoms with Crippen LogP contribution in [0.25, 0.3) is 0 Å². The van der Waals surface area contributed by atoms with Gasteiger partial charge in [-0.15, -0.1) is 0 Å². The minimum atomic E-state index is -0.337. The van der Waals surface area contributed by atoms with E-state index >= 15 is 0 Å². The first-order valence-corrected chi connectivity index (χ1v) is 7.99. The molecule has 0 saturated carbocycles. The van der Waals surface area contributed by atoms with Crippen LogP contribution >= 0.6 is 0 Å². The van der Waals surface area contributed by atoms with E-state index in [1.807, 2.05) is 36.4 Å². The molecule has 1 aliphatic rings. The Bertz CT molecular complexity index is 541. The highest BCUT2D eigenvalue weighted by Crippen LogP contribution is 2.18. The average molecular weight is 317 g/mol. The third-order valence-electron chi connectivity index (χ3n) is 3.71. The maximum absolute atomic E-state index is 12.1. The summed E-state index contributed by atoms with van der Waals surface area (Å²) < 4.78 is 10.2. The molecule has 124 valence electrons. The molecule has 1 amide bonds. The van der Waals surface area contributed by atoms with Crippen LogP contribution in [-0.4, -0.2) is 36.7 Å². The molecule has 0 bridgehead atoms. The SMILES string of the molecule is CCOC(=O)C=CC1CCCN(C(=O)OCc2ccccc2)C1. The number of piperidine rings is 1. The first kappa shape index (κ1) is 17.1. The molecular formula is C18H23NO4. The summed E-state index contributed by atoms with van der Waals surface area (Å²) in [4.78, 5) is 25.2. The van der Waals surface area contributed by atoms with Crippen molar-refractivity contribution in [3.63, 3.8) is 0 Å². The van der Waals surface area contributed by atoms with Crippen LogP contribution in [0.15, 0.2) is 42.5 Å². The maximum atomic E-state index is 12.1. The third kappa shape index (κ3) is 5.77. The highest BCUT2D eigenvalue weighted by Gasteiger charge is 2.23. The predicted molar refractivity (Wildman–Crippen MR) is 86.7 cm³/mol. The molecule has 1 atom stereocenters. The second-order valence-corrected chi connectivity index (χ2v) is 5.50. The number of carbonyl (C=O) groups is 2. The fraction of sp³-hybridized carbons (Fsp3) is 0.444. The van der Waals surface area contributed by atoms with Crippen LogP contribution in [0.5, 0.6) is 0 Å². The van der Waals surface area contributed by atoms with Crippen molar-refractivity contribution in [3.8, 4) is 0 Å². The lowest BCUT2D eigenvalue weighted by Gasteiger charge is -2.30. The smallest absolute Gasteiger partial charge is 0.410 e. The van der Waals surface area contributed by atoms with E-state index in [2.05, 4.69) is 0 Å². The molecule has 23 heavy (non-hydrogen) atoms. The molecule has 0 aromatic heterocycles. The van der Waals surface area contributed by atoms with Crippen LogP contribution < -0.4 is 0 Å². The van der Waals surface area contributed by atoms with Gasteiger partial charge in [-0.25, -0.2) is 9.59 Å². The molecule has 1 fully saturated rings. The quantitative estimate of drug-likeness (QED) is 0.618. The number of ether oxygens (including phenoxy) is 2. The largest absolute Gasteiger partial charge is 0.463 e. The van der Waals surface area contributed by atoms with Crippen molar-refractivity contribution in [1.82, 2.24) is 4.90 Å². The molecule has 0 radical (unpaired) electrons. The summed E-state index contributed by atoms with van der Waals surface area (Å²) in [6.45, 7) is 3.68. The monoisotopic (exact) mass is 317 g/mol. The van der Waals surface area contributed by atoms with Gasteiger partial charge in [0.1, 0.15) is 6.61 Å². The lowest BCUT2D eigenvalue weighted by molar-refractivity contribution is -0.137. The van der Waals surface area contributed by atoms with Gasteiger partial charge in [0, 0.05) is 19.2 Å². The Morgan fingerprint density at radius 3 is 2.78 bits per heavy atom. The Balaban J connectivity index is 1.80. The summed E-state index contributed by atoms with van der Waals surface area (Å²) in [5.41, 5.74) is 0.969. The van der Waals surface area contributed by atoms with Crippen molar-refractivity contribution in [3.05, 3.63) is 48.0 Å². The Labute approximate surface area is 136 Å². The van der Waals surface area contributed by atoms with Gasteiger partial charge in [0.2, 0.25) is 0 Å². The highest BCUT2D eigenvalue weighted by atomic mass is 16.6. The topological polar surface area (TPSA) is 55.8 Å². The van der Waals surface area contributed by atoms with Gasteiger partial charge in [0.25, 0.3) is 0 Å². The van der Waals surface area contributed by atoms with E-state index in [0.29, 0.717) is 19.7 Å². The molecule has 5 heteroatoms. The Kier molecular flexibility index (Phi) is 6.66. The molecule has 0 spiro atoms. The molecular weight excluding hydrogens is 294 g/mol. The van der Waals surface area contributed by atoms with Crippen LogP contribution in [0.2, 0.25) is 0 Å². The fourth-order valence-corrected chi connectivity index (χ4v) is 2.55. The van der Waals surface area contributed by atoms with E-state index < -0.39 is 0 Å². The van der Waals surface area contributed by atoms with E-state index in [1.54, 1.807) is 11.8 Å². The van der Waals surface area contributed by atoms with Crippen molar-refractivity contribution < 1.29 is 19.1 Å². The lowest BCUT2D eigenvalue weighted by atomic mass is 9.98. The number of amides is 1. The standard InChI is InChI=1S/C18H23NO4/c1-2-22-17(20)11-10-15-9-6-12-19(13-15)18(21)23-14-16-7-4-3-5-8-16/h3-5,7-8,10-11,15H,2,6,9,12-14H2,1H3. The summed E-state index contributed by atoms with van der Waals surface area (Å²) in [6, 6.07) is 9.61. The zero-order valence-electron chi connectivity index (χ0n) is 13.4. The predicted octanol–water partition coefficient (Wildman–Crippen LogP) is 3.15. The molecule has 1 saturated heterocycles. The Hall–Kier alpha value is -2.30. The second kappa shape index (κ2) is 8.98.